The molecule has 146 heavy (non-hydrogen) atoms. The van der Waals surface area contributed by atoms with E-state index in [0.717, 1.165) is 151 Å². The Morgan fingerprint density at radius 1 is 0.301 bits per heavy atom. The Bertz CT molecular complexity index is 4200. The second kappa shape index (κ2) is 45.3. The third kappa shape index (κ3) is 25.7. The predicted octanol–water partition coefficient (Wildman–Crippen LogP) is 28.3. The van der Waals surface area contributed by atoms with Gasteiger partial charge in [-0.3, -0.25) is 52.7 Å². The van der Waals surface area contributed by atoms with Crippen LogP contribution in [0.5, 0.6) is 0 Å². The average molecular weight is 2050 g/mol. The molecule has 22 nitrogen and oxygen atoms in total. The van der Waals surface area contributed by atoms with Gasteiger partial charge in [0.15, 0.2) is 0 Å². The van der Waals surface area contributed by atoms with Crippen LogP contribution in [0.2, 0.25) is 0 Å². The van der Waals surface area contributed by atoms with E-state index in [2.05, 4.69) is 90.0 Å². The van der Waals surface area contributed by atoms with Gasteiger partial charge in [0.05, 0.1) is 61.1 Å². The molecule has 0 aromatic rings. The van der Waals surface area contributed by atoms with Crippen LogP contribution in [0.1, 0.15) is 493 Å². The minimum Gasteiger partial charge on any atom is -0.459 e. The Balaban J connectivity index is 0.000000159. The van der Waals surface area contributed by atoms with E-state index in [1.165, 1.54) is 135 Å². The molecule has 20 fully saturated rings. The summed E-state index contributed by atoms with van der Waals surface area (Å²) in [7, 11) is 0. The van der Waals surface area contributed by atoms with E-state index >= 15 is 0 Å². The molecule has 3 saturated heterocycles. The quantitative estimate of drug-likeness (QED) is 0.0519. The van der Waals surface area contributed by atoms with Crippen LogP contribution >= 0.6 is 0 Å². The summed E-state index contributed by atoms with van der Waals surface area (Å²) in [4.78, 5) is 133. The van der Waals surface area contributed by atoms with Crippen LogP contribution in [0.4, 0.5) is 0 Å². The van der Waals surface area contributed by atoms with Gasteiger partial charge in [0.1, 0.15) is 64.6 Å². The second-order valence-electron chi connectivity index (χ2n) is 57.9. The molecule has 14 bridgehead atoms. The average Bonchev–Trinajstić information content (AvgIpc) is 1.14. The van der Waals surface area contributed by atoms with Gasteiger partial charge >= 0.3 is 65.7 Å². The molecule has 15 unspecified atom stereocenters. The predicted molar refractivity (Wildman–Crippen MR) is 568 cm³/mol. The summed E-state index contributed by atoms with van der Waals surface area (Å²) in [6.45, 7) is 71.2. The highest BCUT2D eigenvalue weighted by atomic mass is 16.6. The maximum atomic E-state index is 12.6. The molecule has 0 N–H and O–H groups in total. The zero-order valence-corrected chi connectivity index (χ0v) is 98.3. The second-order valence-corrected chi connectivity index (χ2v) is 57.9. The van der Waals surface area contributed by atoms with Crippen LogP contribution in [0.3, 0.4) is 0 Å². The first-order chi connectivity index (χ1) is 67.4. The summed E-state index contributed by atoms with van der Waals surface area (Å²) in [5.41, 5.74) is -3.96. The van der Waals surface area contributed by atoms with E-state index in [0.29, 0.717) is 47.3 Å². The molecule has 3 aliphatic heterocycles. The normalized spacial score (nSPS) is 33.1. The van der Waals surface area contributed by atoms with Crippen LogP contribution in [0.25, 0.3) is 0 Å². The zero-order chi connectivity index (χ0) is 109. The van der Waals surface area contributed by atoms with E-state index in [9.17, 15) is 52.7 Å². The fourth-order valence-electron chi connectivity index (χ4n) is 28.5. The smallest absolute Gasteiger partial charge is 0.312 e. The molecule has 3 heterocycles. The molecule has 20 aliphatic rings. The fourth-order valence-corrected chi connectivity index (χ4v) is 28.5. The van der Waals surface area contributed by atoms with Crippen molar-refractivity contribution >= 4 is 65.7 Å². The third-order valence-corrected chi connectivity index (χ3v) is 42.6. The number of carbonyl (C=O) groups is 11. The van der Waals surface area contributed by atoms with Gasteiger partial charge in [0.25, 0.3) is 0 Å². The van der Waals surface area contributed by atoms with Crippen LogP contribution in [-0.2, 0) is 105 Å². The molecular formula is C124H206O22. The number of ether oxygens (including phenoxy) is 11. The maximum Gasteiger partial charge on any atom is 0.312 e. The summed E-state index contributed by atoms with van der Waals surface area (Å²) in [6.07, 6.45) is 42.2. The highest BCUT2D eigenvalue weighted by Gasteiger charge is 2.68. The number of esters is 11. The summed E-state index contributed by atoms with van der Waals surface area (Å²) in [6, 6.07) is 0. The monoisotopic (exact) mass is 2050 g/mol. The Hall–Kier alpha value is -5.83. The summed E-state index contributed by atoms with van der Waals surface area (Å²) < 4.78 is 63.1. The molecule has 0 radical (unpaired) electrons. The van der Waals surface area contributed by atoms with Gasteiger partial charge in [0.2, 0.25) is 0 Å². The minimum absolute atomic E-state index is 0.00857. The van der Waals surface area contributed by atoms with Crippen LogP contribution in [0, 0.1) is 160 Å². The number of fused-ring (bicyclic) bond motifs is 3. The van der Waals surface area contributed by atoms with Crippen molar-refractivity contribution in [2.75, 3.05) is 0 Å². The Morgan fingerprint density at radius 2 is 0.548 bits per heavy atom. The first kappa shape index (κ1) is 120. The van der Waals surface area contributed by atoms with E-state index in [1.807, 2.05) is 152 Å². The highest BCUT2D eigenvalue weighted by molar-refractivity contribution is 5.82. The Kier molecular flexibility index (Phi) is 37.4. The van der Waals surface area contributed by atoms with Crippen molar-refractivity contribution in [2.24, 2.45) is 160 Å². The topological polar surface area (TPSA) is 289 Å². The summed E-state index contributed by atoms with van der Waals surface area (Å²) in [5, 5.41) is 0. The van der Waals surface area contributed by atoms with Gasteiger partial charge in [-0.05, 0) is 431 Å². The third-order valence-electron chi connectivity index (χ3n) is 42.6. The molecular weight excluding hydrogens is 1840 g/mol. The first-order valence-electron chi connectivity index (χ1n) is 58.9. The van der Waals surface area contributed by atoms with Gasteiger partial charge in [-0.1, -0.05) is 109 Å². The molecule has 15 atom stereocenters. The van der Waals surface area contributed by atoms with Crippen molar-refractivity contribution in [1.29, 1.82) is 0 Å². The van der Waals surface area contributed by atoms with Crippen molar-refractivity contribution in [3.8, 4) is 0 Å². The minimum atomic E-state index is -0.455. The number of hydrogen-bond acceptors (Lipinski definition) is 22. The van der Waals surface area contributed by atoms with Crippen LogP contribution in [0.15, 0.2) is 0 Å². The molecule has 834 valence electrons. The van der Waals surface area contributed by atoms with E-state index < -0.39 is 16.2 Å². The molecule has 0 aromatic carbocycles. The van der Waals surface area contributed by atoms with Crippen molar-refractivity contribution in [1.82, 2.24) is 0 Å². The van der Waals surface area contributed by atoms with Gasteiger partial charge in [-0.15, -0.1) is 0 Å². The van der Waals surface area contributed by atoms with Gasteiger partial charge in [-0.2, -0.15) is 0 Å². The Labute approximate surface area is 883 Å². The van der Waals surface area contributed by atoms with Gasteiger partial charge < -0.3 is 52.1 Å². The number of rotatable bonds is 28. The van der Waals surface area contributed by atoms with E-state index in [4.69, 9.17) is 52.1 Å². The summed E-state index contributed by atoms with van der Waals surface area (Å²) >= 11 is 0. The lowest BCUT2D eigenvalue weighted by molar-refractivity contribution is -0.206. The SMILES string of the molecule is CCC(C)(C)C(=O)OC(C)(C)C12CC3CC(CC(C3)C1)C2.CCC(C)(C)C(=O)OC(C)(C)C12CC3CC(CC(C3)C1)C2.CCC(C)(C)C(=O)OC(C)(C)C1CCCCC1.CCC(C)(C)C(=O)OC1(C(C)(C)C)CCCC1.CCC(C)(C)C(=O)OC1(C(C)C)CCCC1.CCC(C)(C)C(=O)OC1C2CC3C(=O)OC1C3C2.CCC(C)(C)C(=O)OC1C2CC3C(=O)OC1C3C2.CCC(C)(C)C(=O)OC1C2CC3C(=O)OC1C3C2. The van der Waals surface area contributed by atoms with Crippen molar-refractivity contribution in [2.45, 2.75) is 557 Å². The van der Waals surface area contributed by atoms with Gasteiger partial charge in [0, 0.05) is 51.8 Å². The van der Waals surface area contributed by atoms with E-state index in [-0.39, 0.29) is 191 Å². The number of hydrogen-bond donors (Lipinski definition) is 0. The Morgan fingerprint density at radius 3 is 0.808 bits per heavy atom. The largest absolute Gasteiger partial charge is 0.459 e. The van der Waals surface area contributed by atoms with Crippen molar-refractivity contribution in [3.63, 3.8) is 0 Å². The molecule has 0 spiro atoms. The van der Waals surface area contributed by atoms with Crippen LogP contribution < -0.4 is 0 Å². The summed E-state index contributed by atoms with van der Waals surface area (Å²) in [5.74, 6) is 7.58. The van der Waals surface area contributed by atoms with Gasteiger partial charge in [-0.25, -0.2) is 0 Å². The molecule has 17 aliphatic carbocycles. The van der Waals surface area contributed by atoms with Crippen molar-refractivity contribution in [3.05, 3.63) is 0 Å². The molecule has 17 saturated carbocycles. The molecule has 0 aromatic heterocycles. The van der Waals surface area contributed by atoms with Crippen LogP contribution in [-0.4, -0.2) is 130 Å². The van der Waals surface area contributed by atoms with E-state index in [1.54, 1.807) is 0 Å². The first-order valence-corrected chi connectivity index (χ1v) is 58.9. The lowest BCUT2D eigenvalue weighted by atomic mass is 9.46. The lowest BCUT2D eigenvalue weighted by Gasteiger charge is -2.61. The standard InChI is InChI=1S/2C19H32O2.2C15H28O2.3C14H20O4.C14H26O2/c2*1-6-17(2,3)16(20)21-18(4,5)19-10-13-7-14(11-19)9-15(8-13)12-19;1-7-14(5,6)12(16)17-15(13(2,3)4)10-8-9-11-15;1-6-14(2,3)13(16)17-15(4,5)12-10-8-7-9-11-12;3*1-4-14(2,3)13(16)18-10-7-5-8-9(6-7)12(15)17-11(8)10;1-6-13(4,5)12(15)16-14(11(2)3)9-7-8-10-14/h2*13-15H,6-12H2,1-5H3;7-11H2,1-6H3;12H,6-11H2,1-5H3;3*7-11H,4-6H2,1-3H3;11H,6-10H2,1-5H3. The molecule has 0 amide bonds. The molecule has 20 rings (SSSR count). The fraction of sp³-hybridized carbons (Fsp3) is 0.911. The zero-order valence-electron chi connectivity index (χ0n) is 98.3. The lowest BCUT2D eigenvalue weighted by Crippen LogP contribution is -2.58. The van der Waals surface area contributed by atoms with Crippen molar-refractivity contribution < 1.29 is 105 Å². The highest BCUT2D eigenvalue weighted by Crippen LogP contribution is 2.68. The number of carbonyl (C=O) groups excluding carboxylic acids is 11. The maximum absolute atomic E-state index is 12.6. The molecule has 22 heteroatoms.